The summed E-state index contributed by atoms with van der Waals surface area (Å²) in [5.41, 5.74) is 4.60. The van der Waals surface area contributed by atoms with Gasteiger partial charge < -0.3 is 15.2 Å². The first-order chi connectivity index (χ1) is 14.6. The number of carboxylic acid groups (broad SMARTS) is 1. The molecule has 5 nitrogen and oxygen atoms in total. The molecule has 0 fully saturated rings. The Morgan fingerprint density at radius 1 is 1.03 bits per heavy atom. The van der Waals surface area contributed by atoms with E-state index in [0.717, 1.165) is 38.4 Å². The van der Waals surface area contributed by atoms with Crippen LogP contribution in [0.3, 0.4) is 0 Å². The zero-order chi connectivity index (χ0) is 21.1. The van der Waals surface area contributed by atoms with E-state index in [-0.39, 0.29) is 18.9 Å². The van der Waals surface area contributed by atoms with Crippen LogP contribution in [0, 0.1) is 0 Å². The summed E-state index contributed by atoms with van der Waals surface area (Å²) in [4.78, 5) is 25.8. The Morgan fingerprint density at radius 3 is 2.23 bits per heavy atom. The number of aryl methyl sites for hydroxylation is 1. The maximum atomic E-state index is 12.5. The number of nitrogens with one attached hydrogen (secondary N) is 1. The quantitative estimate of drug-likeness (QED) is 0.538. The monoisotopic (exact) mass is 421 g/mol. The number of rotatable bonds is 7. The number of benzene rings is 2. The van der Waals surface area contributed by atoms with Gasteiger partial charge in [-0.25, -0.2) is 4.79 Å². The average molecular weight is 422 g/mol. The molecule has 0 radical (unpaired) electrons. The fourth-order valence-corrected chi connectivity index (χ4v) is 4.96. The first-order valence-electron chi connectivity index (χ1n) is 9.98. The summed E-state index contributed by atoms with van der Waals surface area (Å²) < 4.78 is 5.57. The van der Waals surface area contributed by atoms with Crippen LogP contribution in [0.5, 0.6) is 0 Å². The highest BCUT2D eigenvalue weighted by Crippen LogP contribution is 2.44. The number of thiophene rings is 1. The number of carbonyl (C=O) groups excluding carboxylic acids is 1. The first-order valence-corrected chi connectivity index (χ1v) is 10.8. The van der Waals surface area contributed by atoms with Crippen LogP contribution in [0.25, 0.3) is 11.1 Å². The maximum absolute atomic E-state index is 12.5. The molecule has 1 unspecified atom stereocenters. The standard InChI is InChI=1S/C24H23NO4S/c1-2-15-11-12-22(30-15)21(13-23(26)27)25-24(28)29-14-20-18-9-5-3-7-16(18)17-8-4-6-10-19(17)20/h3-12,20-21H,2,13-14H2,1H3,(H,25,28)(H,26,27). The number of fused-ring (bicyclic) bond motifs is 3. The molecule has 154 valence electrons. The van der Waals surface area contributed by atoms with Crippen molar-refractivity contribution in [2.75, 3.05) is 6.61 Å². The van der Waals surface area contributed by atoms with E-state index in [4.69, 9.17) is 4.74 Å². The Kier molecular flexibility index (Phi) is 5.86. The van der Waals surface area contributed by atoms with Crippen molar-refractivity contribution in [3.63, 3.8) is 0 Å². The van der Waals surface area contributed by atoms with Gasteiger partial charge in [0, 0.05) is 15.7 Å². The molecule has 0 spiro atoms. The molecular weight excluding hydrogens is 398 g/mol. The maximum Gasteiger partial charge on any atom is 0.407 e. The Morgan fingerprint density at radius 2 is 1.67 bits per heavy atom. The predicted octanol–water partition coefficient (Wildman–Crippen LogP) is 5.37. The zero-order valence-corrected chi connectivity index (χ0v) is 17.4. The third kappa shape index (κ3) is 4.09. The second-order valence-electron chi connectivity index (χ2n) is 7.28. The van der Waals surface area contributed by atoms with Crippen LogP contribution >= 0.6 is 11.3 Å². The van der Waals surface area contributed by atoms with Gasteiger partial charge in [-0.1, -0.05) is 55.5 Å². The van der Waals surface area contributed by atoms with Crippen molar-refractivity contribution in [1.29, 1.82) is 0 Å². The van der Waals surface area contributed by atoms with Gasteiger partial charge in [-0.3, -0.25) is 4.79 Å². The van der Waals surface area contributed by atoms with E-state index in [1.165, 1.54) is 11.3 Å². The van der Waals surface area contributed by atoms with E-state index in [1.807, 2.05) is 43.3 Å². The summed E-state index contributed by atoms with van der Waals surface area (Å²) in [6.45, 7) is 2.24. The molecule has 30 heavy (non-hydrogen) atoms. The number of hydrogen-bond acceptors (Lipinski definition) is 4. The third-order valence-corrected chi connectivity index (χ3v) is 6.73. The van der Waals surface area contributed by atoms with Crippen molar-refractivity contribution in [2.45, 2.75) is 31.7 Å². The molecule has 4 rings (SSSR count). The Hall–Kier alpha value is -3.12. The van der Waals surface area contributed by atoms with E-state index in [2.05, 4.69) is 29.6 Å². The number of amides is 1. The van der Waals surface area contributed by atoms with E-state index in [1.54, 1.807) is 0 Å². The fraction of sp³-hybridized carbons (Fsp3) is 0.250. The average Bonchev–Trinajstić information content (AvgIpc) is 3.35. The molecule has 0 bridgehead atoms. The Bertz CT molecular complexity index is 1030. The lowest BCUT2D eigenvalue weighted by atomic mass is 9.98. The van der Waals surface area contributed by atoms with Gasteiger partial charge in [-0.05, 0) is 40.8 Å². The summed E-state index contributed by atoms with van der Waals surface area (Å²) in [5.74, 6) is -1.00. The minimum atomic E-state index is -0.967. The molecule has 6 heteroatoms. The number of hydrogen-bond donors (Lipinski definition) is 2. The fourth-order valence-electron chi connectivity index (χ4n) is 3.95. The lowest BCUT2D eigenvalue weighted by Gasteiger charge is -2.18. The van der Waals surface area contributed by atoms with Gasteiger partial charge in [-0.15, -0.1) is 11.3 Å². The van der Waals surface area contributed by atoms with Crippen molar-refractivity contribution in [3.8, 4) is 11.1 Å². The highest BCUT2D eigenvalue weighted by atomic mass is 32.1. The molecule has 1 amide bonds. The summed E-state index contributed by atoms with van der Waals surface area (Å²) in [6.07, 6.45) is 0.0815. The van der Waals surface area contributed by atoms with Crippen molar-refractivity contribution in [2.24, 2.45) is 0 Å². The second kappa shape index (κ2) is 8.71. The number of ether oxygens (including phenoxy) is 1. The molecule has 2 aromatic carbocycles. The van der Waals surface area contributed by atoms with Gasteiger partial charge in [0.25, 0.3) is 0 Å². The lowest BCUT2D eigenvalue weighted by molar-refractivity contribution is -0.137. The number of carboxylic acids is 1. The van der Waals surface area contributed by atoms with Crippen LogP contribution in [0.1, 0.15) is 46.2 Å². The molecule has 0 aliphatic heterocycles. The number of carbonyl (C=O) groups is 2. The van der Waals surface area contributed by atoms with Crippen molar-refractivity contribution in [3.05, 3.63) is 81.5 Å². The number of aliphatic carboxylic acids is 1. The van der Waals surface area contributed by atoms with Crippen LogP contribution in [0.2, 0.25) is 0 Å². The molecule has 2 N–H and O–H groups in total. The van der Waals surface area contributed by atoms with Crippen LogP contribution in [0.4, 0.5) is 4.79 Å². The largest absolute Gasteiger partial charge is 0.481 e. The highest BCUT2D eigenvalue weighted by Gasteiger charge is 2.29. The summed E-state index contributed by atoms with van der Waals surface area (Å²) in [7, 11) is 0. The second-order valence-corrected chi connectivity index (χ2v) is 8.48. The highest BCUT2D eigenvalue weighted by molar-refractivity contribution is 7.12. The lowest BCUT2D eigenvalue weighted by Crippen LogP contribution is -2.31. The molecule has 1 aromatic heterocycles. The van der Waals surface area contributed by atoms with Crippen LogP contribution in [-0.2, 0) is 16.0 Å². The van der Waals surface area contributed by atoms with E-state index >= 15 is 0 Å². The molecule has 0 saturated heterocycles. The predicted molar refractivity (Wildman–Crippen MR) is 117 cm³/mol. The zero-order valence-electron chi connectivity index (χ0n) is 16.6. The molecular formula is C24H23NO4S. The van der Waals surface area contributed by atoms with E-state index in [9.17, 15) is 14.7 Å². The topological polar surface area (TPSA) is 75.6 Å². The smallest absolute Gasteiger partial charge is 0.407 e. The van der Waals surface area contributed by atoms with Gasteiger partial charge >= 0.3 is 12.1 Å². The summed E-state index contributed by atoms with van der Waals surface area (Å²) in [6, 6.07) is 19.5. The summed E-state index contributed by atoms with van der Waals surface area (Å²) in [5, 5.41) is 12.0. The molecule has 1 atom stereocenters. The van der Waals surface area contributed by atoms with Crippen LogP contribution < -0.4 is 5.32 Å². The Labute approximate surface area is 179 Å². The van der Waals surface area contributed by atoms with Crippen LogP contribution in [-0.4, -0.2) is 23.8 Å². The minimum absolute atomic E-state index is 0.0329. The van der Waals surface area contributed by atoms with E-state index < -0.39 is 18.1 Å². The van der Waals surface area contributed by atoms with Crippen molar-refractivity contribution < 1.29 is 19.4 Å². The first kappa shape index (κ1) is 20.2. The summed E-state index contributed by atoms with van der Waals surface area (Å²) >= 11 is 1.52. The molecule has 1 heterocycles. The molecule has 1 aliphatic rings. The van der Waals surface area contributed by atoms with Crippen molar-refractivity contribution in [1.82, 2.24) is 5.32 Å². The third-order valence-electron chi connectivity index (χ3n) is 5.39. The van der Waals surface area contributed by atoms with Gasteiger partial charge in [0.05, 0.1) is 12.5 Å². The van der Waals surface area contributed by atoms with Crippen LogP contribution in [0.15, 0.2) is 60.7 Å². The van der Waals surface area contributed by atoms with Gasteiger partial charge in [0.2, 0.25) is 0 Å². The molecule has 0 saturated carbocycles. The van der Waals surface area contributed by atoms with Gasteiger partial charge in [-0.2, -0.15) is 0 Å². The molecule has 1 aliphatic carbocycles. The number of alkyl carbamates (subject to hydrolysis) is 1. The SMILES string of the molecule is CCc1ccc(C(CC(=O)O)NC(=O)OCC2c3ccccc3-c3ccccc32)s1. The van der Waals surface area contributed by atoms with E-state index in [0.29, 0.717) is 0 Å². The Balaban J connectivity index is 1.47. The van der Waals surface area contributed by atoms with Crippen molar-refractivity contribution >= 4 is 23.4 Å². The van der Waals surface area contributed by atoms with Gasteiger partial charge in [0.1, 0.15) is 6.61 Å². The molecule has 3 aromatic rings. The minimum Gasteiger partial charge on any atom is -0.481 e. The van der Waals surface area contributed by atoms with Gasteiger partial charge in [0.15, 0.2) is 0 Å². The normalized spacial score (nSPS) is 13.4.